The average Bonchev–Trinajstić information content (AvgIpc) is 3.04. The number of benzene rings is 1. The first-order valence-corrected chi connectivity index (χ1v) is 22.2. The van der Waals surface area contributed by atoms with Crippen LogP contribution in [0.15, 0.2) is 18.2 Å². The van der Waals surface area contributed by atoms with Crippen LogP contribution in [0.2, 0.25) is 0 Å². The minimum atomic E-state index is -1.06. The smallest absolute Gasteiger partial charge is 0.182 e. The fraction of sp³-hybridized carbons (Fsp3) is 0.857. The molecule has 2 heteroatoms. The molecule has 0 aromatic heterocycles. The van der Waals surface area contributed by atoms with Crippen LogP contribution >= 0.6 is 21.2 Å². The van der Waals surface area contributed by atoms with Gasteiger partial charge in [0.05, 0.1) is 0 Å². The maximum Gasteiger partial charge on any atom is 0.182 e. The van der Waals surface area contributed by atoms with Gasteiger partial charge in [-0.25, -0.2) is 0 Å². The fourth-order valence-corrected chi connectivity index (χ4v) is 7.83. The van der Waals surface area contributed by atoms with Gasteiger partial charge in [0.15, 0.2) is 21.2 Å². The molecule has 0 unspecified atom stereocenters. The van der Waals surface area contributed by atoms with E-state index in [2.05, 4.69) is 32.0 Å². The summed E-state index contributed by atoms with van der Waals surface area (Å²) in [6.45, 7) is 4.60. The Balaban J connectivity index is 1.97. The molecule has 0 aliphatic carbocycles. The molecule has 44 heavy (non-hydrogen) atoms. The third-order valence-electron chi connectivity index (χ3n) is 9.81. The van der Waals surface area contributed by atoms with Crippen LogP contribution in [0, 0.1) is 3.57 Å². The molecule has 1 aromatic carbocycles. The van der Waals surface area contributed by atoms with Gasteiger partial charge in [0.1, 0.15) is 0 Å². The second-order valence-corrected chi connectivity index (χ2v) is 15.7. The van der Waals surface area contributed by atoms with Crippen molar-refractivity contribution in [1.82, 2.24) is 0 Å². The van der Waals surface area contributed by atoms with Crippen molar-refractivity contribution in [2.24, 2.45) is 0 Å². The summed E-state index contributed by atoms with van der Waals surface area (Å²) in [6.07, 6.45) is 47.8. The van der Waals surface area contributed by atoms with Gasteiger partial charge in [0, 0.05) is 3.57 Å². The summed E-state index contributed by atoms with van der Waals surface area (Å²) in [4.78, 5) is 0. The van der Waals surface area contributed by atoms with Crippen LogP contribution in [-0.4, -0.2) is 0 Å². The molecular formula is C42H77IO. The highest BCUT2D eigenvalue weighted by atomic mass is 127. The van der Waals surface area contributed by atoms with E-state index >= 15 is 0 Å². The molecule has 0 aliphatic heterocycles. The highest BCUT2D eigenvalue weighted by Crippen LogP contribution is 2.22. The summed E-state index contributed by atoms with van der Waals surface area (Å²) < 4.78 is 13.0. The molecular weight excluding hydrogens is 647 g/mol. The van der Waals surface area contributed by atoms with Crippen LogP contribution in [0.5, 0.6) is 0 Å². The lowest BCUT2D eigenvalue weighted by Crippen LogP contribution is -1.95. The molecule has 0 atom stereocenters. The second-order valence-electron chi connectivity index (χ2n) is 14.1. The lowest BCUT2D eigenvalue weighted by molar-refractivity contribution is 0.529. The van der Waals surface area contributed by atoms with Gasteiger partial charge < -0.3 is 0 Å². The summed E-state index contributed by atoms with van der Waals surface area (Å²) in [5, 5.41) is 0. The Labute approximate surface area is 288 Å². The Hall–Kier alpha value is -0.250. The maximum absolute atomic E-state index is 11.9. The first-order chi connectivity index (χ1) is 21.8. The van der Waals surface area contributed by atoms with Gasteiger partial charge in [0.25, 0.3) is 0 Å². The molecule has 0 radical (unpaired) electrons. The zero-order chi connectivity index (χ0) is 31.6. The molecule has 0 saturated heterocycles. The van der Waals surface area contributed by atoms with Gasteiger partial charge in [-0.2, -0.15) is 0 Å². The minimum Gasteiger partial charge on any atom is -0.265 e. The molecule has 0 N–H and O–H groups in total. The highest BCUT2D eigenvalue weighted by molar-refractivity contribution is 14.1. The Kier molecular flexibility index (Phi) is 32.4. The molecule has 0 amide bonds. The Bertz CT molecular complexity index is 728. The van der Waals surface area contributed by atoms with Crippen molar-refractivity contribution < 1.29 is 3.07 Å². The summed E-state index contributed by atoms with van der Waals surface area (Å²) in [6, 6.07) is 6.85. The first-order valence-electron chi connectivity index (χ1n) is 20.2. The molecule has 0 heterocycles. The van der Waals surface area contributed by atoms with Crippen LogP contribution < -0.4 is 0 Å². The highest BCUT2D eigenvalue weighted by Gasteiger charge is 2.05. The zero-order valence-corrected chi connectivity index (χ0v) is 32.2. The van der Waals surface area contributed by atoms with Crippen LogP contribution in [0.1, 0.15) is 230 Å². The van der Waals surface area contributed by atoms with Gasteiger partial charge in [-0.05, 0) is 42.9 Å². The molecule has 0 bridgehead atoms. The molecule has 0 aliphatic rings. The zero-order valence-electron chi connectivity index (χ0n) is 30.1. The molecule has 1 nitrogen and oxygen atoms in total. The summed E-state index contributed by atoms with van der Waals surface area (Å²) in [5.74, 6) is 0. The van der Waals surface area contributed by atoms with E-state index in [4.69, 9.17) is 0 Å². The van der Waals surface area contributed by atoms with E-state index in [0.717, 1.165) is 9.99 Å². The fourth-order valence-electron chi connectivity index (χ4n) is 6.79. The number of aryl methyl sites for hydroxylation is 2. The minimum absolute atomic E-state index is 1.06. The van der Waals surface area contributed by atoms with Gasteiger partial charge in [-0.15, -0.1) is 0 Å². The maximum atomic E-state index is 11.9. The lowest BCUT2D eigenvalue weighted by atomic mass is 9.99. The normalized spacial score (nSPS) is 11.5. The second kappa shape index (κ2) is 34.1. The molecule has 1 aromatic rings. The van der Waals surface area contributed by atoms with E-state index in [1.165, 1.54) is 223 Å². The van der Waals surface area contributed by atoms with E-state index in [-0.39, 0.29) is 0 Å². The third-order valence-corrected chi connectivity index (χ3v) is 11.3. The van der Waals surface area contributed by atoms with E-state index in [1.54, 1.807) is 0 Å². The van der Waals surface area contributed by atoms with E-state index in [1.807, 2.05) is 0 Å². The predicted octanol–water partition coefficient (Wildman–Crippen LogP) is 15.8. The van der Waals surface area contributed by atoms with Crippen molar-refractivity contribution in [1.29, 1.82) is 0 Å². The largest absolute Gasteiger partial charge is 0.265 e. The van der Waals surface area contributed by atoms with Gasteiger partial charge in [-0.1, -0.05) is 219 Å². The van der Waals surface area contributed by atoms with Crippen molar-refractivity contribution in [3.05, 3.63) is 32.9 Å². The number of hydrogen-bond donors (Lipinski definition) is 0. The van der Waals surface area contributed by atoms with Crippen molar-refractivity contribution in [3.63, 3.8) is 0 Å². The van der Waals surface area contributed by atoms with Gasteiger partial charge >= 0.3 is 0 Å². The number of hydrogen-bond acceptors (Lipinski definition) is 1. The molecule has 258 valence electrons. The van der Waals surface area contributed by atoms with E-state index in [9.17, 15) is 3.07 Å². The standard InChI is InChI=1S/C42H77IO/c1-3-5-7-9-11-13-15-17-19-21-23-25-27-29-31-33-35-40-37-38-42(43-44)41(39-40)36-34-32-30-28-26-24-22-20-18-16-14-12-10-8-6-4-2/h37-39H,3-36H2,1-2H3. The van der Waals surface area contributed by atoms with Crippen molar-refractivity contribution in [3.8, 4) is 0 Å². The van der Waals surface area contributed by atoms with Crippen LogP contribution in [0.25, 0.3) is 0 Å². The van der Waals surface area contributed by atoms with Gasteiger partial charge in [0.2, 0.25) is 0 Å². The average molecular weight is 725 g/mol. The molecule has 1 rings (SSSR count). The van der Waals surface area contributed by atoms with Crippen LogP contribution in [0.3, 0.4) is 0 Å². The summed E-state index contributed by atoms with van der Waals surface area (Å²) >= 11 is -1.06. The number of halogens is 1. The topological polar surface area (TPSA) is 17.1 Å². The Morgan fingerprint density at radius 2 is 0.682 bits per heavy atom. The SMILES string of the molecule is CCCCCCCCCCCCCCCCCCc1ccc(I=O)c(CCCCCCCCCCCCCCCCCC)c1. The molecule has 0 spiro atoms. The lowest BCUT2D eigenvalue weighted by Gasteiger charge is -2.09. The van der Waals surface area contributed by atoms with E-state index < -0.39 is 21.2 Å². The van der Waals surface area contributed by atoms with Crippen molar-refractivity contribution >= 4 is 21.2 Å². The monoisotopic (exact) mass is 725 g/mol. The Morgan fingerprint density at radius 3 is 1.00 bits per heavy atom. The quantitative estimate of drug-likeness (QED) is 0.0503. The van der Waals surface area contributed by atoms with Crippen LogP contribution in [0.4, 0.5) is 0 Å². The first kappa shape index (κ1) is 41.8. The molecule has 0 saturated carbocycles. The van der Waals surface area contributed by atoms with Crippen LogP contribution in [-0.2, 0) is 15.9 Å². The summed E-state index contributed by atoms with van der Waals surface area (Å²) in [5.41, 5.74) is 2.87. The Morgan fingerprint density at radius 1 is 0.386 bits per heavy atom. The van der Waals surface area contributed by atoms with Gasteiger partial charge in [-0.3, -0.25) is 3.07 Å². The molecule has 0 fully saturated rings. The third kappa shape index (κ3) is 26.9. The number of rotatable bonds is 35. The summed E-state index contributed by atoms with van der Waals surface area (Å²) in [7, 11) is 0. The number of unbranched alkanes of at least 4 members (excludes halogenated alkanes) is 30. The van der Waals surface area contributed by atoms with Crippen molar-refractivity contribution in [2.45, 2.75) is 232 Å². The van der Waals surface area contributed by atoms with E-state index in [0.29, 0.717) is 0 Å². The predicted molar refractivity (Wildman–Crippen MR) is 206 cm³/mol. The van der Waals surface area contributed by atoms with Crippen molar-refractivity contribution in [2.75, 3.05) is 0 Å².